The molecule has 4 rings (SSSR count). The van der Waals surface area contributed by atoms with E-state index in [-0.39, 0.29) is 11.9 Å². The van der Waals surface area contributed by atoms with Crippen molar-refractivity contribution < 1.29 is 4.79 Å². The maximum atomic E-state index is 12.0. The first-order valence-corrected chi connectivity index (χ1v) is 8.49. The van der Waals surface area contributed by atoms with E-state index in [4.69, 9.17) is 0 Å². The lowest BCUT2D eigenvalue weighted by atomic mass is 9.99. The Morgan fingerprint density at radius 3 is 3.04 bits per heavy atom. The molecule has 0 spiro atoms. The van der Waals surface area contributed by atoms with Crippen LogP contribution >= 0.6 is 0 Å². The van der Waals surface area contributed by atoms with Gasteiger partial charge in [-0.15, -0.1) is 0 Å². The monoisotopic (exact) mass is 339 g/mol. The minimum Gasteiger partial charge on any atom is -0.354 e. The molecule has 0 aromatic carbocycles. The van der Waals surface area contributed by atoms with Crippen LogP contribution in [0.2, 0.25) is 0 Å². The number of nitrogens with zero attached hydrogens (tertiary/aromatic N) is 5. The molecule has 1 atom stereocenters. The van der Waals surface area contributed by atoms with Gasteiger partial charge in [0.15, 0.2) is 5.65 Å². The van der Waals surface area contributed by atoms with Crippen molar-refractivity contribution in [1.82, 2.24) is 30.0 Å². The summed E-state index contributed by atoms with van der Waals surface area (Å²) in [5.74, 6) is 0.821. The smallest absolute Gasteiger partial charge is 0.267 e. The van der Waals surface area contributed by atoms with E-state index in [9.17, 15) is 4.79 Å². The lowest BCUT2D eigenvalue weighted by molar-refractivity contribution is 0.0954. The zero-order chi connectivity index (χ0) is 17.4. The van der Waals surface area contributed by atoms with Gasteiger partial charge >= 0.3 is 0 Å². The predicted molar refractivity (Wildman–Crippen MR) is 94.4 cm³/mol. The third-order valence-electron chi connectivity index (χ3n) is 4.96. The zero-order valence-corrected chi connectivity index (χ0v) is 14.4. The number of aromatic nitrogens is 5. The molecule has 25 heavy (non-hydrogen) atoms. The molecule has 0 saturated carbocycles. The van der Waals surface area contributed by atoms with E-state index >= 15 is 0 Å². The number of anilines is 1. The third kappa shape index (κ3) is 2.54. The first-order valence-electron chi connectivity index (χ1n) is 8.49. The molecule has 1 unspecified atom stereocenters. The van der Waals surface area contributed by atoms with Gasteiger partial charge in [0.2, 0.25) is 0 Å². The average molecular weight is 339 g/mol. The summed E-state index contributed by atoms with van der Waals surface area (Å²) in [6.45, 7) is 0.919. The fourth-order valence-corrected chi connectivity index (χ4v) is 3.69. The number of carbonyl (C=O) groups excluding carboxylic acids is 1. The molecule has 1 aliphatic heterocycles. The van der Waals surface area contributed by atoms with E-state index in [1.165, 1.54) is 0 Å². The molecule has 8 nitrogen and oxygen atoms in total. The van der Waals surface area contributed by atoms with Crippen LogP contribution < -0.4 is 10.2 Å². The van der Waals surface area contributed by atoms with Crippen molar-refractivity contribution in [3.63, 3.8) is 0 Å². The Labute approximate surface area is 145 Å². The highest BCUT2D eigenvalue weighted by molar-refractivity contribution is 5.92. The molecule has 0 radical (unpaired) electrons. The highest BCUT2D eigenvalue weighted by Gasteiger charge is 2.29. The summed E-state index contributed by atoms with van der Waals surface area (Å²) in [5.41, 5.74) is 2.53. The number of hydrogen-bond acceptors (Lipinski definition) is 5. The summed E-state index contributed by atoms with van der Waals surface area (Å²) in [5, 5.41) is 10.6. The molecule has 8 heteroatoms. The Hall–Kier alpha value is -2.90. The lowest BCUT2D eigenvalue weighted by Gasteiger charge is -2.37. The summed E-state index contributed by atoms with van der Waals surface area (Å²) in [6.07, 6.45) is 6.64. The van der Waals surface area contributed by atoms with Gasteiger partial charge in [-0.1, -0.05) is 0 Å². The minimum absolute atomic E-state index is 0.0737. The van der Waals surface area contributed by atoms with Gasteiger partial charge in [-0.3, -0.25) is 9.89 Å². The summed E-state index contributed by atoms with van der Waals surface area (Å²) < 4.78 is 1.98. The number of fused-ring (bicyclic) bond motifs is 1. The first kappa shape index (κ1) is 15.6. The summed E-state index contributed by atoms with van der Waals surface area (Å²) in [4.78, 5) is 23.1. The van der Waals surface area contributed by atoms with Crippen molar-refractivity contribution in [3.8, 4) is 0 Å². The van der Waals surface area contributed by atoms with Crippen LogP contribution in [0, 0.1) is 0 Å². The lowest BCUT2D eigenvalue weighted by Crippen LogP contribution is -2.35. The van der Waals surface area contributed by atoms with Gasteiger partial charge in [-0.05, 0) is 31.4 Å². The zero-order valence-electron chi connectivity index (χ0n) is 14.4. The van der Waals surface area contributed by atoms with E-state index < -0.39 is 0 Å². The highest BCUT2D eigenvalue weighted by atomic mass is 16.1. The van der Waals surface area contributed by atoms with Crippen LogP contribution in [0.3, 0.4) is 0 Å². The number of amides is 1. The summed E-state index contributed by atoms with van der Waals surface area (Å²) in [6, 6.07) is 4.10. The fourth-order valence-electron chi connectivity index (χ4n) is 3.69. The van der Waals surface area contributed by atoms with E-state index in [1.54, 1.807) is 19.6 Å². The van der Waals surface area contributed by atoms with E-state index in [2.05, 4.69) is 30.4 Å². The molecule has 0 bridgehead atoms. The number of piperidine rings is 1. The van der Waals surface area contributed by atoms with Gasteiger partial charge in [0, 0.05) is 26.3 Å². The SMILES string of the molecule is CNC(=O)c1ccc(C2CCCCN2c2ncnc3[nH]ncc23)n1C. The second-order valence-corrected chi connectivity index (χ2v) is 6.32. The van der Waals surface area contributed by atoms with Gasteiger partial charge in [0.1, 0.15) is 17.8 Å². The van der Waals surface area contributed by atoms with Crippen LogP contribution in [0.5, 0.6) is 0 Å². The average Bonchev–Trinajstić information content (AvgIpc) is 3.27. The Bertz CT molecular complexity index is 913. The molecule has 0 aliphatic carbocycles. The second-order valence-electron chi connectivity index (χ2n) is 6.32. The first-order chi connectivity index (χ1) is 12.2. The van der Waals surface area contributed by atoms with E-state index in [1.807, 2.05) is 23.7 Å². The van der Waals surface area contributed by atoms with Crippen molar-refractivity contribution in [2.75, 3.05) is 18.5 Å². The van der Waals surface area contributed by atoms with Gasteiger partial charge in [0.25, 0.3) is 5.91 Å². The Kier molecular flexibility index (Phi) is 3.87. The topological polar surface area (TPSA) is 91.7 Å². The van der Waals surface area contributed by atoms with Gasteiger partial charge in [-0.25, -0.2) is 9.97 Å². The van der Waals surface area contributed by atoms with Crippen LogP contribution in [0.1, 0.15) is 41.5 Å². The number of carbonyl (C=O) groups is 1. The van der Waals surface area contributed by atoms with Crippen LogP contribution in [0.4, 0.5) is 5.82 Å². The normalized spacial score (nSPS) is 17.8. The molecule has 1 saturated heterocycles. The Morgan fingerprint density at radius 2 is 2.20 bits per heavy atom. The predicted octanol–water partition coefficient (Wildman–Crippen LogP) is 1.78. The molecule has 3 aromatic heterocycles. The maximum absolute atomic E-state index is 12.0. The quantitative estimate of drug-likeness (QED) is 0.759. The largest absolute Gasteiger partial charge is 0.354 e. The molecular formula is C17H21N7O. The molecule has 1 aliphatic rings. The van der Waals surface area contributed by atoms with Gasteiger partial charge < -0.3 is 14.8 Å². The number of nitrogens with one attached hydrogen (secondary N) is 2. The fraction of sp³-hybridized carbons (Fsp3) is 0.412. The Balaban J connectivity index is 1.77. The number of rotatable bonds is 3. The van der Waals surface area contributed by atoms with Crippen LogP contribution in [-0.4, -0.2) is 44.2 Å². The number of hydrogen-bond donors (Lipinski definition) is 2. The summed E-state index contributed by atoms with van der Waals surface area (Å²) >= 11 is 0. The van der Waals surface area contributed by atoms with Crippen molar-refractivity contribution in [2.24, 2.45) is 7.05 Å². The third-order valence-corrected chi connectivity index (χ3v) is 4.96. The molecule has 130 valence electrons. The molecule has 3 aromatic rings. The minimum atomic E-state index is -0.0737. The van der Waals surface area contributed by atoms with Crippen molar-refractivity contribution >= 4 is 22.8 Å². The van der Waals surface area contributed by atoms with Gasteiger partial charge in [0.05, 0.1) is 17.6 Å². The molecule has 2 N–H and O–H groups in total. The Morgan fingerprint density at radius 1 is 1.32 bits per heavy atom. The second kappa shape index (κ2) is 6.19. The van der Waals surface area contributed by atoms with Gasteiger partial charge in [-0.2, -0.15) is 5.10 Å². The van der Waals surface area contributed by atoms with E-state index in [0.29, 0.717) is 5.69 Å². The van der Waals surface area contributed by atoms with Crippen molar-refractivity contribution in [1.29, 1.82) is 0 Å². The molecule has 1 fully saturated rings. The number of aromatic amines is 1. The molecular weight excluding hydrogens is 318 g/mol. The standard InChI is InChI=1S/C17H21N7O/c1-18-17(25)14-7-6-12(23(14)2)13-5-3-4-8-24(13)16-11-9-21-22-15(11)19-10-20-16/h6-7,9-10,13H,3-5,8H2,1-2H3,(H,18,25)(H,19,20,21,22). The number of H-pyrrole nitrogens is 1. The van der Waals surface area contributed by atoms with Crippen molar-refractivity contribution in [2.45, 2.75) is 25.3 Å². The highest BCUT2D eigenvalue weighted by Crippen LogP contribution is 2.36. The van der Waals surface area contributed by atoms with Crippen molar-refractivity contribution in [3.05, 3.63) is 36.0 Å². The summed E-state index contributed by atoms with van der Waals surface area (Å²) in [7, 11) is 3.60. The maximum Gasteiger partial charge on any atom is 0.267 e. The van der Waals surface area contributed by atoms with Crippen LogP contribution in [0.15, 0.2) is 24.7 Å². The molecule has 1 amide bonds. The van der Waals surface area contributed by atoms with Crippen LogP contribution in [0.25, 0.3) is 11.0 Å². The van der Waals surface area contributed by atoms with Crippen LogP contribution in [-0.2, 0) is 7.05 Å². The molecule has 4 heterocycles. The van der Waals surface area contributed by atoms with E-state index in [0.717, 1.165) is 48.4 Å².